The first-order valence-electron chi connectivity index (χ1n) is 4.45. The number of amides is 2. The van der Waals surface area contributed by atoms with Gasteiger partial charge < -0.3 is 14.7 Å². The molecule has 0 aliphatic carbocycles. The molecule has 0 aromatic heterocycles. The molecule has 0 aromatic rings. The minimum Gasteiger partial charge on any atom is -0.480 e. The van der Waals surface area contributed by atoms with Gasteiger partial charge in [0.15, 0.2) is 0 Å². The second kappa shape index (κ2) is 6.75. The fraction of sp³-hybridized carbons (Fsp3) is 0.625. The second-order valence-corrected chi connectivity index (χ2v) is 3.08. The van der Waals surface area contributed by atoms with E-state index in [2.05, 4.69) is 0 Å². The molecular formula is C8H15N3O5. The van der Waals surface area contributed by atoms with Crippen LogP contribution >= 0.6 is 0 Å². The zero-order valence-electron chi connectivity index (χ0n) is 9.10. The van der Waals surface area contributed by atoms with Crippen LogP contribution in [-0.4, -0.2) is 54.1 Å². The average Bonchev–Trinajstić information content (AvgIpc) is 2.26. The highest BCUT2D eigenvalue weighted by Gasteiger charge is 2.21. The van der Waals surface area contributed by atoms with E-state index in [1.807, 2.05) is 5.43 Å². The van der Waals surface area contributed by atoms with Crippen LogP contribution in [0.2, 0.25) is 0 Å². The largest absolute Gasteiger partial charge is 0.480 e. The number of hydrogen-bond acceptors (Lipinski definition) is 5. The summed E-state index contributed by atoms with van der Waals surface area (Å²) in [4.78, 5) is 33.5. The molecule has 92 valence electrons. The molecule has 4 N–H and O–H groups in total. The van der Waals surface area contributed by atoms with Gasteiger partial charge in [-0.15, -0.1) is 0 Å². The predicted molar refractivity (Wildman–Crippen MR) is 53.0 cm³/mol. The Labute approximate surface area is 92.3 Å². The zero-order valence-corrected chi connectivity index (χ0v) is 9.10. The van der Waals surface area contributed by atoms with Crippen molar-refractivity contribution in [2.75, 3.05) is 20.3 Å². The number of carbonyl (C=O) groups is 3. The first kappa shape index (κ1) is 14.3. The Kier molecular flexibility index (Phi) is 6.04. The lowest BCUT2D eigenvalue weighted by Gasteiger charge is -2.21. The molecule has 0 aromatic carbocycles. The van der Waals surface area contributed by atoms with E-state index in [0.29, 0.717) is 0 Å². The highest BCUT2D eigenvalue weighted by atomic mass is 16.5. The molecule has 0 aliphatic rings. The third-order valence-corrected chi connectivity index (χ3v) is 1.95. The molecule has 2 amide bonds. The molecule has 0 heterocycles. The Balaban J connectivity index is 3.97. The molecule has 8 heteroatoms. The third-order valence-electron chi connectivity index (χ3n) is 1.95. The molecule has 1 atom stereocenters. The monoisotopic (exact) mass is 233 g/mol. The maximum Gasteiger partial charge on any atom is 0.326 e. The van der Waals surface area contributed by atoms with Crippen molar-refractivity contribution in [2.45, 2.75) is 13.0 Å². The van der Waals surface area contributed by atoms with Gasteiger partial charge in [0.2, 0.25) is 5.91 Å². The fourth-order valence-electron chi connectivity index (χ4n) is 0.756. The molecule has 0 fully saturated rings. The summed E-state index contributed by atoms with van der Waals surface area (Å²) in [6.45, 7) is 0.645. The van der Waals surface area contributed by atoms with Crippen molar-refractivity contribution >= 4 is 17.8 Å². The minimum absolute atomic E-state index is 0.350. The van der Waals surface area contributed by atoms with Gasteiger partial charge in [-0.25, -0.2) is 10.6 Å². The third kappa shape index (κ3) is 4.71. The van der Waals surface area contributed by atoms with Gasteiger partial charge in [0.25, 0.3) is 5.91 Å². The van der Waals surface area contributed by atoms with Crippen LogP contribution in [0, 0.1) is 0 Å². The van der Waals surface area contributed by atoms with Gasteiger partial charge >= 0.3 is 5.97 Å². The average molecular weight is 233 g/mol. The summed E-state index contributed by atoms with van der Waals surface area (Å²) in [6.07, 6.45) is 0. The van der Waals surface area contributed by atoms with E-state index in [4.69, 9.17) is 15.7 Å². The van der Waals surface area contributed by atoms with Gasteiger partial charge in [-0.2, -0.15) is 0 Å². The number of carbonyl (C=O) groups excluding carboxylic acids is 2. The second-order valence-electron chi connectivity index (χ2n) is 3.08. The number of ether oxygens (including phenoxy) is 1. The van der Waals surface area contributed by atoms with E-state index in [-0.39, 0.29) is 13.2 Å². The lowest BCUT2D eigenvalue weighted by Crippen LogP contribution is -2.42. The van der Waals surface area contributed by atoms with Crippen LogP contribution in [0.4, 0.5) is 0 Å². The number of rotatable bonds is 6. The quantitative estimate of drug-likeness (QED) is 0.275. The Hall–Kier alpha value is -1.67. The lowest BCUT2D eigenvalue weighted by molar-refractivity contribution is -0.150. The molecule has 8 nitrogen and oxygen atoms in total. The first-order valence-corrected chi connectivity index (χ1v) is 4.45. The summed E-state index contributed by atoms with van der Waals surface area (Å²) in [6, 6.07) is -0.945. The van der Waals surface area contributed by atoms with Crippen LogP contribution in [0.3, 0.4) is 0 Å². The SMILES string of the molecule is CC(C(=O)O)N(C)C(=O)COCC(=O)NN. The van der Waals surface area contributed by atoms with Crippen molar-refractivity contribution in [1.29, 1.82) is 0 Å². The van der Waals surface area contributed by atoms with Gasteiger partial charge in [-0.05, 0) is 6.92 Å². The number of carboxylic acids is 1. The van der Waals surface area contributed by atoms with Crippen molar-refractivity contribution in [3.63, 3.8) is 0 Å². The summed E-state index contributed by atoms with van der Waals surface area (Å²) in [5, 5.41) is 8.64. The van der Waals surface area contributed by atoms with Crippen molar-refractivity contribution in [1.82, 2.24) is 10.3 Å². The van der Waals surface area contributed by atoms with Gasteiger partial charge in [0.05, 0.1) is 0 Å². The standard InChI is InChI=1S/C8H15N3O5/c1-5(8(14)15)11(2)7(13)4-16-3-6(12)10-9/h5H,3-4,9H2,1-2H3,(H,10,12)(H,14,15). The van der Waals surface area contributed by atoms with Gasteiger partial charge in [-0.3, -0.25) is 15.0 Å². The molecule has 0 aliphatic heterocycles. The number of likely N-dealkylation sites (N-methyl/N-ethyl adjacent to an activating group) is 1. The Morgan fingerprint density at radius 1 is 1.44 bits per heavy atom. The molecule has 0 radical (unpaired) electrons. The van der Waals surface area contributed by atoms with Crippen molar-refractivity contribution in [2.24, 2.45) is 5.84 Å². The van der Waals surface area contributed by atoms with Crippen LogP contribution in [0.5, 0.6) is 0 Å². The summed E-state index contributed by atoms with van der Waals surface area (Å²) < 4.78 is 4.72. The normalized spacial score (nSPS) is 11.7. The van der Waals surface area contributed by atoms with Crippen LogP contribution < -0.4 is 11.3 Å². The Morgan fingerprint density at radius 3 is 2.44 bits per heavy atom. The molecule has 1 unspecified atom stereocenters. The highest BCUT2D eigenvalue weighted by molar-refractivity contribution is 5.84. The molecule has 0 saturated heterocycles. The maximum atomic E-state index is 11.3. The Bertz CT molecular complexity index is 281. The van der Waals surface area contributed by atoms with Crippen LogP contribution in [0.1, 0.15) is 6.92 Å². The van der Waals surface area contributed by atoms with E-state index < -0.39 is 23.8 Å². The van der Waals surface area contributed by atoms with Gasteiger partial charge in [0, 0.05) is 7.05 Å². The number of hydrogen-bond donors (Lipinski definition) is 3. The number of nitrogens with one attached hydrogen (secondary N) is 1. The number of aliphatic carboxylic acids is 1. The molecule has 0 spiro atoms. The van der Waals surface area contributed by atoms with Crippen LogP contribution in [0.25, 0.3) is 0 Å². The van der Waals surface area contributed by atoms with E-state index >= 15 is 0 Å². The summed E-state index contributed by atoms with van der Waals surface area (Å²) in [5.41, 5.74) is 1.83. The number of nitrogens with zero attached hydrogens (tertiary/aromatic N) is 1. The zero-order chi connectivity index (χ0) is 12.7. The summed E-state index contributed by atoms with van der Waals surface area (Å²) in [7, 11) is 1.34. The number of nitrogens with two attached hydrogens (primary N) is 1. The summed E-state index contributed by atoms with van der Waals surface area (Å²) in [5.74, 6) is 2.57. The molecule has 16 heavy (non-hydrogen) atoms. The topological polar surface area (TPSA) is 122 Å². The van der Waals surface area contributed by atoms with Crippen molar-refractivity contribution in [3.8, 4) is 0 Å². The van der Waals surface area contributed by atoms with E-state index in [0.717, 1.165) is 4.90 Å². The van der Waals surface area contributed by atoms with E-state index in [9.17, 15) is 14.4 Å². The molecular weight excluding hydrogens is 218 g/mol. The van der Waals surface area contributed by atoms with E-state index in [1.54, 1.807) is 0 Å². The van der Waals surface area contributed by atoms with Crippen molar-refractivity contribution in [3.05, 3.63) is 0 Å². The van der Waals surface area contributed by atoms with Crippen LogP contribution in [-0.2, 0) is 19.1 Å². The highest BCUT2D eigenvalue weighted by Crippen LogP contribution is 1.96. The summed E-state index contributed by atoms with van der Waals surface area (Å²) >= 11 is 0. The smallest absolute Gasteiger partial charge is 0.326 e. The van der Waals surface area contributed by atoms with E-state index in [1.165, 1.54) is 14.0 Å². The fourth-order valence-corrected chi connectivity index (χ4v) is 0.756. The molecule has 0 rings (SSSR count). The number of hydrazine groups is 1. The first-order chi connectivity index (χ1) is 7.40. The number of carboxylic acid groups (broad SMARTS) is 1. The molecule has 0 bridgehead atoms. The van der Waals surface area contributed by atoms with Crippen LogP contribution in [0.15, 0.2) is 0 Å². The molecule has 0 saturated carbocycles. The predicted octanol–water partition coefficient (Wildman–Crippen LogP) is -2.08. The lowest BCUT2D eigenvalue weighted by atomic mass is 10.3. The van der Waals surface area contributed by atoms with Gasteiger partial charge in [-0.1, -0.05) is 0 Å². The van der Waals surface area contributed by atoms with Gasteiger partial charge in [0.1, 0.15) is 19.3 Å². The minimum atomic E-state index is -1.12. The maximum absolute atomic E-state index is 11.3. The van der Waals surface area contributed by atoms with Crippen molar-refractivity contribution < 1.29 is 24.2 Å². The Morgan fingerprint density at radius 2 is 2.00 bits per heavy atom.